The molecular formula is C24H32N2O6S. The Morgan fingerprint density at radius 3 is 2.12 bits per heavy atom. The number of rotatable bonds is 7. The van der Waals surface area contributed by atoms with E-state index in [1.54, 1.807) is 4.90 Å². The minimum atomic E-state index is -3.98. The van der Waals surface area contributed by atoms with Crippen molar-refractivity contribution in [3.8, 4) is 0 Å². The molecule has 1 amide bonds. The van der Waals surface area contributed by atoms with Crippen molar-refractivity contribution in [3.63, 3.8) is 0 Å². The molecule has 1 saturated heterocycles. The van der Waals surface area contributed by atoms with Crippen molar-refractivity contribution in [2.75, 3.05) is 33.3 Å². The lowest BCUT2D eigenvalue weighted by Gasteiger charge is -2.34. The van der Waals surface area contributed by atoms with Crippen LogP contribution in [0.25, 0.3) is 0 Å². The number of carbonyl (C=O) groups is 2. The number of ether oxygens (including phenoxy) is 1. The van der Waals surface area contributed by atoms with E-state index in [-0.39, 0.29) is 60.5 Å². The monoisotopic (exact) mass is 476 g/mol. The largest absolute Gasteiger partial charge is 0.465 e. The van der Waals surface area contributed by atoms with E-state index in [0.29, 0.717) is 5.92 Å². The Morgan fingerprint density at radius 2 is 1.58 bits per heavy atom. The Kier molecular flexibility index (Phi) is 7.64. The van der Waals surface area contributed by atoms with Crippen LogP contribution in [-0.4, -0.2) is 62.8 Å². The molecule has 8 nitrogen and oxygen atoms in total. The maximum atomic E-state index is 13.3. The lowest BCUT2D eigenvalue weighted by Crippen LogP contribution is -2.51. The second-order valence-corrected chi connectivity index (χ2v) is 10.7. The van der Waals surface area contributed by atoms with Gasteiger partial charge in [-0.15, -0.1) is 0 Å². The van der Waals surface area contributed by atoms with Crippen LogP contribution in [0, 0.1) is 19.8 Å². The number of amides is 1. The summed E-state index contributed by atoms with van der Waals surface area (Å²) in [5.41, 5.74) is 2.11. The van der Waals surface area contributed by atoms with Crippen LogP contribution in [0.15, 0.2) is 33.6 Å². The minimum absolute atomic E-state index is 0.0331. The summed E-state index contributed by atoms with van der Waals surface area (Å²) in [6, 6.07) is 8.08. The molecule has 2 heterocycles. The second kappa shape index (κ2) is 10.1. The van der Waals surface area contributed by atoms with Crippen molar-refractivity contribution in [2.45, 2.75) is 45.4 Å². The summed E-state index contributed by atoms with van der Waals surface area (Å²) in [4.78, 5) is 26.5. The molecule has 1 aliphatic heterocycles. The summed E-state index contributed by atoms with van der Waals surface area (Å²) < 4.78 is 38.1. The van der Waals surface area contributed by atoms with Gasteiger partial charge < -0.3 is 14.1 Å². The molecule has 0 N–H and O–H groups in total. The third-order valence-electron chi connectivity index (χ3n) is 5.81. The summed E-state index contributed by atoms with van der Waals surface area (Å²) >= 11 is 0. The van der Waals surface area contributed by atoms with Crippen molar-refractivity contribution in [1.82, 2.24) is 9.21 Å². The number of furan rings is 1. The highest BCUT2D eigenvalue weighted by molar-refractivity contribution is 7.89. The Bertz CT molecular complexity index is 1110. The predicted octanol–water partition coefficient (Wildman–Crippen LogP) is 2.96. The average molecular weight is 477 g/mol. The highest BCUT2D eigenvalue weighted by Crippen LogP contribution is 2.30. The molecule has 0 unspecified atom stereocenters. The molecule has 0 bridgehead atoms. The molecule has 1 aromatic carbocycles. The maximum absolute atomic E-state index is 13.3. The first-order valence-corrected chi connectivity index (χ1v) is 12.5. The van der Waals surface area contributed by atoms with Crippen LogP contribution in [-0.2, 0) is 32.4 Å². The fourth-order valence-corrected chi connectivity index (χ4v) is 5.96. The van der Waals surface area contributed by atoms with Gasteiger partial charge in [0.05, 0.1) is 13.5 Å². The van der Waals surface area contributed by atoms with Crippen molar-refractivity contribution < 1.29 is 27.2 Å². The normalized spacial score (nSPS) is 15.2. The number of hydrogen-bond donors (Lipinski definition) is 0. The van der Waals surface area contributed by atoms with Crippen LogP contribution >= 0.6 is 0 Å². The van der Waals surface area contributed by atoms with Gasteiger partial charge in [0, 0.05) is 26.2 Å². The van der Waals surface area contributed by atoms with Crippen molar-refractivity contribution >= 4 is 21.9 Å². The average Bonchev–Trinajstić information content (AvgIpc) is 3.08. The van der Waals surface area contributed by atoms with Crippen LogP contribution in [0.3, 0.4) is 0 Å². The zero-order valence-corrected chi connectivity index (χ0v) is 20.7. The molecule has 1 aliphatic rings. The van der Waals surface area contributed by atoms with E-state index in [1.807, 2.05) is 12.1 Å². The number of hydrogen-bond acceptors (Lipinski definition) is 6. The molecule has 1 fully saturated rings. The molecule has 2 aromatic rings. The molecule has 3 rings (SSSR count). The molecule has 0 aliphatic carbocycles. The van der Waals surface area contributed by atoms with Crippen LogP contribution in [0.1, 0.15) is 46.9 Å². The molecule has 1 aromatic heterocycles. The summed E-state index contributed by atoms with van der Waals surface area (Å²) in [5.74, 6) is 0.132. The van der Waals surface area contributed by atoms with Gasteiger partial charge >= 0.3 is 5.97 Å². The topological polar surface area (TPSA) is 97.1 Å². The smallest absolute Gasteiger partial charge is 0.342 e. The van der Waals surface area contributed by atoms with Crippen LogP contribution in [0.2, 0.25) is 0 Å². The number of esters is 1. The second-order valence-electron chi connectivity index (χ2n) is 8.79. The highest BCUT2D eigenvalue weighted by atomic mass is 32.2. The fourth-order valence-electron chi connectivity index (χ4n) is 4.17. The minimum Gasteiger partial charge on any atom is -0.465 e. The van der Waals surface area contributed by atoms with Crippen molar-refractivity contribution in [3.05, 3.63) is 52.5 Å². The molecule has 0 atom stereocenters. The van der Waals surface area contributed by atoms with Crippen molar-refractivity contribution in [1.29, 1.82) is 0 Å². The van der Waals surface area contributed by atoms with E-state index >= 15 is 0 Å². The van der Waals surface area contributed by atoms with Gasteiger partial charge in [0.2, 0.25) is 15.9 Å². The van der Waals surface area contributed by atoms with Gasteiger partial charge in [-0.3, -0.25) is 4.79 Å². The van der Waals surface area contributed by atoms with Gasteiger partial charge in [0.15, 0.2) is 0 Å². The van der Waals surface area contributed by atoms with Gasteiger partial charge in [-0.25, -0.2) is 13.2 Å². The van der Waals surface area contributed by atoms with Gasteiger partial charge in [-0.2, -0.15) is 4.31 Å². The number of nitrogens with zero attached hydrogens (tertiary/aromatic N) is 2. The first-order valence-electron chi connectivity index (χ1n) is 11.1. The zero-order chi connectivity index (χ0) is 24.3. The summed E-state index contributed by atoms with van der Waals surface area (Å²) in [5, 5.41) is 0. The number of carbonyl (C=O) groups excluding carboxylic acids is 2. The first-order chi connectivity index (χ1) is 15.5. The number of aryl methyl sites for hydroxylation is 2. The van der Waals surface area contributed by atoms with Gasteiger partial charge in [-0.05, 0) is 37.3 Å². The highest BCUT2D eigenvalue weighted by Gasteiger charge is 2.37. The molecule has 0 radical (unpaired) electrons. The van der Waals surface area contributed by atoms with Gasteiger partial charge in [-0.1, -0.05) is 38.1 Å². The standard InChI is InChI=1S/C24H32N2O6S/c1-16(2)14-19-6-8-20(9-7-19)15-21(27)25-10-12-26(13-11-25)33(29,30)23-18(4)32-17(3)22(23)24(28)31-5/h6-9,16H,10-15H2,1-5H3. The SMILES string of the molecule is COC(=O)c1c(C)oc(C)c1S(=O)(=O)N1CCN(C(=O)Cc2ccc(CC(C)C)cc2)CC1. The van der Waals surface area contributed by atoms with E-state index in [2.05, 4.69) is 26.0 Å². The quantitative estimate of drug-likeness (QED) is 0.570. The fraction of sp³-hybridized carbons (Fsp3) is 0.500. The Morgan fingerprint density at radius 1 is 1.00 bits per heavy atom. The summed E-state index contributed by atoms with van der Waals surface area (Å²) in [6.07, 6.45) is 1.28. The summed E-state index contributed by atoms with van der Waals surface area (Å²) in [6.45, 7) is 8.24. The number of benzene rings is 1. The van der Waals surface area contributed by atoms with E-state index in [4.69, 9.17) is 9.15 Å². The molecule has 180 valence electrons. The molecule has 0 saturated carbocycles. The van der Waals surface area contributed by atoms with E-state index < -0.39 is 16.0 Å². The van der Waals surface area contributed by atoms with Crippen molar-refractivity contribution in [2.24, 2.45) is 5.92 Å². The predicted molar refractivity (Wildman–Crippen MR) is 124 cm³/mol. The lowest BCUT2D eigenvalue weighted by atomic mass is 10.0. The lowest BCUT2D eigenvalue weighted by molar-refractivity contribution is -0.131. The molecule has 0 spiro atoms. The third-order valence-corrected chi connectivity index (χ3v) is 7.86. The number of piperazine rings is 1. The van der Waals surface area contributed by atoms with Crippen LogP contribution in [0.4, 0.5) is 0 Å². The Labute approximate surface area is 195 Å². The number of sulfonamides is 1. The molecular weight excluding hydrogens is 444 g/mol. The van der Waals surface area contributed by atoms with E-state index in [0.717, 1.165) is 12.0 Å². The van der Waals surface area contributed by atoms with Crippen LogP contribution < -0.4 is 0 Å². The third kappa shape index (κ3) is 5.47. The van der Waals surface area contributed by atoms with E-state index in [9.17, 15) is 18.0 Å². The van der Waals surface area contributed by atoms with Gasteiger partial charge in [0.25, 0.3) is 0 Å². The Hall–Kier alpha value is -2.65. The number of methoxy groups -OCH3 is 1. The Balaban J connectivity index is 1.66. The zero-order valence-electron chi connectivity index (χ0n) is 19.9. The molecule has 9 heteroatoms. The van der Waals surface area contributed by atoms with Gasteiger partial charge in [0.1, 0.15) is 22.0 Å². The summed E-state index contributed by atoms with van der Waals surface area (Å²) in [7, 11) is -2.78. The maximum Gasteiger partial charge on any atom is 0.342 e. The molecule has 33 heavy (non-hydrogen) atoms. The first kappa shape index (κ1) is 25.0. The van der Waals surface area contributed by atoms with E-state index in [1.165, 1.54) is 30.8 Å². The van der Waals surface area contributed by atoms with Crippen LogP contribution in [0.5, 0.6) is 0 Å².